The fraction of sp³-hybridized carbons (Fsp3) is 0.300. The molecule has 1 aromatic heterocycles. The molecule has 0 saturated heterocycles. The van der Waals surface area contributed by atoms with Crippen molar-refractivity contribution in [3.8, 4) is 0 Å². The van der Waals surface area contributed by atoms with Gasteiger partial charge in [0.1, 0.15) is 17.1 Å². The van der Waals surface area contributed by atoms with Crippen molar-refractivity contribution in [3.63, 3.8) is 0 Å². The van der Waals surface area contributed by atoms with Crippen LogP contribution in [0.1, 0.15) is 24.7 Å². The van der Waals surface area contributed by atoms with Gasteiger partial charge >= 0.3 is 0 Å². The molecule has 0 atom stereocenters. The highest BCUT2D eigenvalue weighted by Crippen LogP contribution is 2.23. The first kappa shape index (κ1) is 11.9. The van der Waals surface area contributed by atoms with E-state index in [9.17, 15) is 8.78 Å². The molecule has 0 aliphatic rings. The Hall–Kier alpha value is -1.16. The molecule has 0 saturated carbocycles. The van der Waals surface area contributed by atoms with E-state index in [1.165, 1.54) is 6.07 Å². The second kappa shape index (κ2) is 5.07. The molecule has 0 aromatic carbocycles. The number of alkyl halides is 2. The van der Waals surface area contributed by atoms with Crippen LogP contribution in [0.3, 0.4) is 0 Å². The maximum Gasteiger partial charge on any atom is 0.280 e. The summed E-state index contributed by atoms with van der Waals surface area (Å²) in [5, 5.41) is 0.191. The summed E-state index contributed by atoms with van der Waals surface area (Å²) in [5.41, 5.74) is -0.141. The van der Waals surface area contributed by atoms with E-state index in [1.54, 1.807) is 6.92 Å². The number of aromatic nitrogens is 1. The second-order valence-electron chi connectivity index (χ2n) is 2.75. The first-order valence-corrected chi connectivity index (χ1v) is 4.70. The minimum absolute atomic E-state index is 0.191. The molecular weight excluding hydrogens is 224 g/mol. The standard InChI is InChI=1S/C10H10ClF2NO/c1-3-15-6(2)8-4-7(11)5-9(14-8)10(12)13/h4-5,10H,2-3H2,1H3. The third kappa shape index (κ3) is 3.16. The number of nitrogens with zero attached hydrogens (tertiary/aromatic N) is 1. The number of hydrogen-bond donors (Lipinski definition) is 0. The summed E-state index contributed by atoms with van der Waals surface area (Å²) >= 11 is 5.67. The minimum Gasteiger partial charge on any atom is -0.492 e. The Morgan fingerprint density at radius 3 is 2.80 bits per heavy atom. The van der Waals surface area contributed by atoms with Gasteiger partial charge in [0.2, 0.25) is 0 Å². The third-order valence-corrected chi connectivity index (χ3v) is 1.86. The van der Waals surface area contributed by atoms with E-state index in [4.69, 9.17) is 16.3 Å². The molecule has 82 valence electrons. The lowest BCUT2D eigenvalue weighted by atomic mass is 10.3. The number of hydrogen-bond acceptors (Lipinski definition) is 2. The summed E-state index contributed by atoms with van der Waals surface area (Å²) in [6.07, 6.45) is -2.66. The molecule has 1 rings (SSSR count). The molecule has 0 unspecified atom stereocenters. The number of rotatable bonds is 4. The van der Waals surface area contributed by atoms with E-state index in [-0.39, 0.29) is 22.2 Å². The lowest BCUT2D eigenvalue weighted by Crippen LogP contribution is -1.98. The van der Waals surface area contributed by atoms with Gasteiger partial charge in [-0.3, -0.25) is 0 Å². The highest BCUT2D eigenvalue weighted by molar-refractivity contribution is 6.30. The predicted octanol–water partition coefficient (Wildman–Crippen LogP) is 3.68. The van der Waals surface area contributed by atoms with Crippen molar-refractivity contribution in [1.82, 2.24) is 4.98 Å². The molecule has 0 aliphatic carbocycles. The van der Waals surface area contributed by atoms with E-state index < -0.39 is 6.43 Å². The zero-order valence-corrected chi connectivity index (χ0v) is 8.89. The van der Waals surface area contributed by atoms with Gasteiger partial charge in [-0.2, -0.15) is 0 Å². The van der Waals surface area contributed by atoms with Crippen LogP contribution < -0.4 is 0 Å². The highest BCUT2D eigenvalue weighted by atomic mass is 35.5. The summed E-state index contributed by atoms with van der Waals surface area (Å²) in [7, 11) is 0. The van der Waals surface area contributed by atoms with Gasteiger partial charge in [-0.25, -0.2) is 13.8 Å². The molecule has 0 fully saturated rings. The van der Waals surface area contributed by atoms with Crippen LogP contribution in [0.4, 0.5) is 8.78 Å². The monoisotopic (exact) mass is 233 g/mol. The molecule has 1 aromatic rings. The van der Waals surface area contributed by atoms with Crippen LogP contribution in [0.15, 0.2) is 18.7 Å². The average Bonchev–Trinajstić information content (AvgIpc) is 2.17. The largest absolute Gasteiger partial charge is 0.492 e. The molecule has 0 radical (unpaired) electrons. The van der Waals surface area contributed by atoms with Gasteiger partial charge < -0.3 is 4.74 Å². The molecular formula is C10H10ClF2NO. The zero-order chi connectivity index (χ0) is 11.4. The van der Waals surface area contributed by atoms with Crippen molar-refractivity contribution in [2.45, 2.75) is 13.3 Å². The Bertz CT molecular complexity index is 368. The van der Waals surface area contributed by atoms with Gasteiger partial charge in [0.25, 0.3) is 6.43 Å². The topological polar surface area (TPSA) is 22.1 Å². The molecule has 2 nitrogen and oxygen atoms in total. The van der Waals surface area contributed by atoms with E-state index >= 15 is 0 Å². The molecule has 1 heterocycles. The Labute approximate surface area is 91.5 Å². The molecule has 0 bridgehead atoms. The van der Waals surface area contributed by atoms with Gasteiger partial charge in [0.05, 0.1) is 6.61 Å². The predicted molar refractivity (Wildman–Crippen MR) is 54.9 cm³/mol. The van der Waals surface area contributed by atoms with Gasteiger partial charge in [-0.05, 0) is 19.1 Å². The first-order valence-electron chi connectivity index (χ1n) is 4.32. The lowest BCUT2D eigenvalue weighted by Gasteiger charge is -2.08. The fourth-order valence-corrected chi connectivity index (χ4v) is 1.24. The molecule has 0 aliphatic heterocycles. The Balaban J connectivity index is 3.03. The quantitative estimate of drug-likeness (QED) is 0.740. The SMILES string of the molecule is C=C(OCC)c1cc(Cl)cc(C(F)F)n1. The van der Waals surface area contributed by atoms with Gasteiger partial charge in [-0.1, -0.05) is 18.2 Å². The van der Waals surface area contributed by atoms with Crippen molar-refractivity contribution in [2.24, 2.45) is 0 Å². The average molecular weight is 234 g/mol. The zero-order valence-electron chi connectivity index (χ0n) is 8.14. The maximum atomic E-state index is 12.4. The van der Waals surface area contributed by atoms with Crippen molar-refractivity contribution in [3.05, 3.63) is 35.1 Å². The molecule has 0 amide bonds. The van der Waals surface area contributed by atoms with Crippen LogP contribution in [0.5, 0.6) is 0 Å². The fourth-order valence-electron chi connectivity index (χ4n) is 1.02. The normalized spacial score (nSPS) is 10.5. The molecule has 0 N–H and O–H groups in total. The van der Waals surface area contributed by atoms with Crippen molar-refractivity contribution in [2.75, 3.05) is 6.61 Å². The van der Waals surface area contributed by atoms with E-state index in [1.807, 2.05) is 0 Å². The highest BCUT2D eigenvalue weighted by Gasteiger charge is 2.12. The van der Waals surface area contributed by atoms with Crippen LogP contribution in [0.25, 0.3) is 5.76 Å². The molecule has 0 spiro atoms. The van der Waals surface area contributed by atoms with Gasteiger partial charge in [0.15, 0.2) is 0 Å². The van der Waals surface area contributed by atoms with E-state index in [2.05, 4.69) is 11.6 Å². The van der Waals surface area contributed by atoms with Crippen LogP contribution >= 0.6 is 11.6 Å². The first-order chi connectivity index (χ1) is 7.04. The lowest BCUT2D eigenvalue weighted by molar-refractivity contribution is 0.146. The summed E-state index contributed by atoms with van der Waals surface area (Å²) in [4.78, 5) is 3.69. The van der Waals surface area contributed by atoms with Crippen molar-refractivity contribution < 1.29 is 13.5 Å². The Morgan fingerprint density at radius 1 is 1.60 bits per heavy atom. The third-order valence-electron chi connectivity index (χ3n) is 1.64. The van der Waals surface area contributed by atoms with Crippen molar-refractivity contribution in [1.29, 1.82) is 0 Å². The Kier molecular flexibility index (Phi) is 4.03. The maximum absolute atomic E-state index is 12.4. The van der Waals surface area contributed by atoms with Crippen LogP contribution in [-0.4, -0.2) is 11.6 Å². The summed E-state index contributed by atoms with van der Waals surface area (Å²) in [5.74, 6) is 0.238. The second-order valence-corrected chi connectivity index (χ2v) is 3.19. The summed E-state index contributed by atoms with van der Waals surface area (Å²) in [6.45, 7) is 5.74. The molecule has 15 heavy (non-hydrogen) atoms. The summed E-state index contributed by atoms with van der Waals surface area (Å²) in [6, 6.07) is 2.56. The van der Waals surface area contributed by atoms with Crippen LogP contribution in [-0.2, 0) is 4.74 Å². The smallest absolute Gasteiger partial charge is 0.280 e. The van der Waals surface area contributed by atoms with Crippen LogP contribution in [0.2, 0.25) is 5.02 Å². The minimum atomic E-state index is -2.66. The van der Waals surface area contributed by atoms with E-state index in [0.29, 0.717) is 6.61 Å². The molecule has 5 heteroatoms. The van der Waals surface area contributed by atoms with Gasteiger partial charge in [-0.15, -0.1) is 0 Å². The van der Waals surface area contributed by atoms with Crippen LogP contribution in [0, 0.1) is 0 Å². The summed E-state index contributed by atoms with van der Waals surface area (Å²) < 4.78 is 29.8. The number of ether oxygens (including phenoxy) is 1. The van der Waals surface area contributed by atoms with Gasteiger partial charge in [0, 0.05) is 5.02 Å². The van der Waals surface area contributed by atoms with Crippen molar-refractivity contribution >= 4 is 17.4 Å². The van der Waals surface area contributed by atoms with E-state index in [0.717, 1.165) is 6.07 Å². The number of pyridine rings is 1. The Morgan fingerprint density at radius 2 is 2.27 bits per heavy atom. The number of halogens is 3.